The molecule has 0 aromatic heterocycles. The van der Waals surface area contributed by atoms with Crippen molar-refractivity contribution < 1.29 is 33.3 Å². The fraction of sp³-hybridized carbons (Fsp3) is 0.786. The Morgan fingerprint density at radius 2 is 2.14 bits per heavy atom. The largest absolute Gasteiger partial charge is 0.455 e. The highest BCUT2D eigenvalue weighted by atomic mass is 16.7. The SMILES string of the molecule is CCC(C)C(=O)OCC(=O)OC1C2CC3C(=O)OC1C3O2. The van der Waals surface area contributed by atoms with Gasteiger partial charge < -0.3 is 18.9 Å². The Balaban J connectivity index is 1.50. The first kappa shape index (κ1) is 14.3. The van der Waals surface area contributed by atoms with E-state index in [2.05, 4.69) is 0 Å². The lowest BCUT2D eigenvalue weighted by Crippen LogP contribution is -2.40. The van der Waals surface area contributed by atoms with Crippen LogP contribution in [-0.4, -0.2) is 48.9 Å². The molecule has 0 aromatic carbocycles. The molecule has 21 heavy (non-hydrogen) atoms. The van der Waals surface area contributed by atoms with Gasteiger partial charge in [-0.15, -0.1) is 0 Å². The Kier molecular flexibility index (Phi) is 3.61. The number of esters is 3. The molecule has 0 N–H and O–H groups in total. The second-order valence-electron chi connectivity index (χ2n) is 5.75. The van der Waals surface area contributed by atoms with E-state index in [1.165, 1.54) is 0 Å². The minimum absolute atomic E-state index is 0.224. The van der Waals surface area contributed by atoms with E-state index in [-0.39, 0.29) is 30.0 Å². The van der Waals surface area contributed by atoms with Crippen LogP contribution in [-0.2, 0) is 33.3 Å². The molecule has 6 atom stereocenters. The monoisotopic (exact) mass is 298 g/mol. The lowest BCUT2D eigenvalue weighted by Gasteiger charge is -2.22. The summed E-state index contributed by atoms with van der Waals surface area (Å²) in [6.07, 6.45) is -0.547. The van der Waals surface area contributed by atoms with E-state index >= 15 is 0 Å². The summed E-state index contributed by atoms with van der Waals surface area (Å²) < 4.78 is 20.9. The third-order valence-corrected chi connectivity index (χ3v) is 4.40. The Labute approximate surface area is 121 Å². The van der Waals surface area contributed by atoms with E-state index in [1.807, 2.05) is 6.92 Å². The smallest absolute Gasteiger partial charge is 0.344 e. The van der Waals surface area contributed by atoms with Crippen LogP contribution in [0.25, 0.3) is 0 Å². The van der Waals surface area contributed by atoms with Gasteiger partial charge in [-0.05, 0) is 12.8 Å². The summed E-state index contributed by atoms with van der Waals surface area (Å²) in [5.41, 5.74) is 0. The van der Waals surface area contributed by atoms with Gasteiger partial charge in [0.2, 0.25) is 0 Å². The first-order chi connectivity index (χ1) is 10.0. The van der Waals surface area contributed by atoms with Gasteiger partial charge in [-0.3, -0.25) is 9.59 Å². The summed E-state index contributed by atoms with van der Waals surface area (Å²) >= 11 is 0. The van der Waals surface area contributed by atoms with Gasteiger partial charge in [0, 0.05) is 0 Å². The van der Waals surface area contributed by atoms with Crippen LogP contribution in [0.2, 0.25) is 0 Å². The van der Waals surface area contributed by atoms with Crippen molar-refractivity contribution in [1.82, 2.24) is 0 Å². The van der Waals surface area contributed by atoms with Gasteiger partial charge in [-0.1, -0.05) is 13.8 Å². The van der Waals surface area contributed by atoms with Crippen LogP contribution in [0, 0.1) is 11.8 Å². The summed E-state index contributed by atoms with van der Waals surface area (Å²) in [6.45, 7) is 3.17. The molecule has 6 unspecified atom stereocenters. The molecule has 0 radical (unpaired) electrons. The van der Waals surface area contributed by atoms with Crippen molar-refractivity contribution in [3.05, 3.63) is 0 Å². The number of ether oxygens (including phenoxy) is 4. The average Bonchev–Trinajstić information content (AvgIpc) is 3.08. The molecule has 2 bridgehead atoms. The summed E-state index contributed by atoms with van der Waals surface area (Å²) in [4.78, 5) is 34.8. The maximum Gasteiger partial charge on any atom is 0.344 e. The molecular weight excluding hydrogens is 280 g/mol. The van der Waals surface area contributed by atoms with E-state index in [1.54, 1.807) is 6.92 Å². The molecule has 3 heterocycles. The molecule has 3 aliphatic heterocycles. The third-order valence-electron chi connectivity index (χ3n) is 4.40. The van der Waals surface area contributed by atoms with Crippen molar-refractivity contribution in [3.8, 4) is 0 Å². The summed E-state index contributed by atoms with van der Waals surface area (Å²) in [5, 5.41) is 0. The van der Waals surface area contributed by atoms with Crippen molar-refractivity contribution in [1.29, 1.82) is 0 Å². The molecule has 0 amide bonds. The number of fused-ring (bicyclic) bond motifs is 1. The number of hydrogen-bond donors (Lipinski definition) is 0. The van der Waals surface area contributed by atoms with E-state index in [4.69, 9.17) is 18.9 Å². The van der Waals surface area contributed by atoms with Gasteiger partial charge >= 0.3 is 17.9 Å². The molecule has 0 aliphatic carbocycles. The molecule has 0 aromatic rings. The highest BCUT2D eigenvalue weighted by molar-refractivity contribution is 5.79. The third kappa shape index (κ3) is 2.39. The van der Waals surface area contributed by atoms with Crippen molar-refractivity contribution in [2.45, 2.75) is 51.1 Å². The van der Waals surface area contributed by atoms with E-state index < -0.39 is 30.8 Å². The van der Waals surface area contributed by atoms with Crippen LogP contribution in [0.1, 0.15) is 26.7 Å². The zero-order chi connectivity index (χ0) is 15.1. The molecule has 0 spiro atoms. The summed E-state index contributed by atoms with van der Waals surface area (Å²) in [7, 11) is 0. The lowest BCUT2D eigenvalue weighted by atomic mass is 9.88. The van der Waals surface area contributed by atoms with E-state index in [9.17, 15) is 14.4 Å². The Morgan fingerprint density at radius 3 is 2.86 bits per heavy atom. The van der Waals surface area contributed by atoms with Crippen LogP contribution in [0.4, 0.5) is 0 Å². The van der Waals surface area contributed by atoms with Crippen molar-refractivity contribution in [2.24, 2.45) is 11.8 Å². The van der Waals surface area contributed by atoms with Crippen molar-refractivity contribution >= 4 is 17.9 Å². The molecule has 3 aliphatic rings. The average molecular weight is 298 g/mol. The lowest BCUT2D eigenvalue weighted by molar-refractivity contribution is -0.169. The minimum Gasteiger partial charge on any atom is -0.455 e. The fourth-order valence-electron chi connectivity index (χ4n) is 3.01. The van der Waals surface area contributed by atoms with Gasteiger partial charge in [0.15, 0.2) is 18.8 Å². The molecule has 3 saturated heterocycles. The van der Waals surface area contributed by atoms with E-state index in [0.29, 0.717) is 12.8 Å². The molecule has 116 valence electrons. The predicted molar refractivity (Wildman–Crippen MR) is 66.9 cm³/mol. The summed E-state index contributed by atoms with van der Waals surface area (Å²) in [6, 6.07) is 0. The maximum atomic E-state index is 11.8. The topological polar surface area (TPSA) is 88.1 Å². The first-order valence-electron chi connectivity index (χ1n) is 7.23. The highest BCUT2D eigenvalue weighted by Gasteiger charge is 2.65. The van der Waals surface area contributed by atoms with Gasteiger partial charge in [-0.25, -0.2) is 4.79 Å². The van der Waals surface area contributed by atoms with E-state index in [0.717, 1.165) is 0 Å². The van der Waals surface area contributed by atoms with Crippen LogP contribution in [0.15, 0.2) is 0 Å². The zero-order valence-electron chi connectivity index (χ0n) is 11.9. The van der Waals surface area contributed by atoms with Gasteiger partial charge in [-0.2, -0.15) is 0 Å². The first-order valence-corrected chi connectivity index (χ1v) is 7.23. The second-order valence-corrected chi connectivity index (χ2v) is 5.75. The van der Waals surface area contributed by atoms with Crippen LogP contribution in [0.3, 0.4) is 0 Å². The zero-order valence-corrected chi connectivity index (χ0v) is 11.9. The molecule has 7 heteroatoms. The maximum absolute atomic E-state index is 11.8. The molecular formula is C14H18O7. The second kappa shape index (κ2) is 5.29. The molecule has 3 rings (SSSR count). The van der Waals surface area contributed by atoms with Gasteiger partial charge in [0.1, 0.15) is 6.10 Å². The van der Waals surface area contributed by atoms with Crippen LogP contribution < -0.4 is 0 Å². The number of rotatable bonds is 5. The predicted octanol–water partition coefficient (Wildman–Crippen LogP) is 0.200. The number of carbonyl (C=O) groups excluding carboxylic acids is 3. The fourth-order valence-corrected chi connectivity index (χ4v) is 3.01. The Bertz CT molecular complexity index is 474. The normalized spacial score (nSPS) is 37.2. The Morgan fingerprint density at radius 1 is 1.38 bits per heavy atom. The van der Waals surface area contributed by atoms with Gasteiger partial charge in [0.25, 0.3) is 0 Å². The number of hydrogen-bond acceptors (Lipinski definition) is 7. The van der Waals surface area contributed by atoms with Crippen LogP contribution in [0.5, 0.6) is 0 Å². The Hall–Kier alpha value is -1.63. The van der Waals surface area contributed by atoms with Crippen molar-refractivity contribution in [2.75, 3.05) is 6.61 Å². The molecule has 0 saturated carbocycles. The number of carbonyl (C=O) groups is 3. The standard InChI is InChI=1S/C14H18O7/c1-3-6(2)13(16)18-5-9(15)20-11-8-4-7-10(19-8)12(11)21-14(7)17/h6-8,10-12H,3-5H2,1-2H3. The molecule has 7 nitrogen and oxygen atoms in total. The highest BCUT2D eigenvalue weighted by Crippen LogP contribution is 2.47. The molecule has 3 fully saturated rings. The van der Waals surface area contributed by atoms with Crippen molar-refractivity contribution in [3.63, 3.8) is 0 Å². The minimum atomic E-state index is -0.646. The summed E-state index contributed by atoms with van der Waals surface area (Å²) in [5.74, 6) is -1.83. The quantitative estimate of drug-likeness (QED) is 0.529. The van der Waals surface area contributed by atoms with Gasteiger partial charge in [0.05, 0.1) is 17.9 Å². The van der Waals surface area contributed by atoms with Crippen LogP contribution >= 0.6 is 0 Å².